The van der Waals surface area contributed by atoms with Gasteiger partial charge in [-0.25, -0.2) is 14.7 Å². The minimum atomic E-state index is 0.415. The lowest BCUT2D eigenvalue weighted by atomic mass is 9.85. The largest absolute Gasteiger partial charge is 0.370 e. The Morgan fingerprint density at radius 2 is 2.14 bits per heavy atom. The molecular weight excluding hydrogens is 264 g/mol. The van der Waals surface area contributed by atoms with Crippen molar-refractivity contribution in [3.63, 3.8) is 0 Å². The summed E-state index contributed by atoms with van der Waals surface area (Å²) in [4.78, 5) is 8.59. The van der Waals surface area contributed by atoms with Gasteiger partial charge in [0.25, 0.3) is 0 Å². The number of para-hydroxylation sites is 1. The topological polar surface area (TPSA) is 81.1 Å². The third kappa shape index (κ3) is 3.39. The van der Waals surface area contributed by atoms with Crippen LogP contribution in [0.4, 0.5) is 0 Å². The molecule has 3 N–H and O–H groups in total. The number of nitrogens with zero attached hydrogens (tertiary/aromatic N) is 4. The molecule has 1 fully saturated rings. The van der Waals surface area contributed by atoms with Crippen LogP contribution in [0.5, 0.6) is 0 Å². The Labute approximate surface area is 124 Å². The number of hydrogen-bond donors (Lipinski definition) is 2. The van der Waals surface area contributed by atoms with Gasteiger partial charge in [-0.3, -0.25) is 0 Å². The van der Waals surface area contributed by atoms with Gasteiger partial charge in [0.15, 0.2) is 11.8 Å². The van der Waals surface area contributed by atoms with Crippen molar-refractivity contribution in [1.82, 2.24) is 20.1 Å². The first-order valence-corrected chi connectivity index (χ1v) is 7.31. The molecule has 2 aromatic rings. The number of aliphatic imine (C=N–C) groups is 1. The van der Waals surface area contributed by atoms with Crippen LogP contribution in [-0.2, 0) is 6.54 Å². The van der Waals surface area contributed by atoms with Crippen LogP contribution in [0.15, 0.2) is 41.7 Å². The van der Waals surface area contributed by atoms with Gasteiger partial charge in [-0.1, -0.05) is 24.6 Å². The molecule has 1 heterocycles. The van der Waals surface area contributed by atoms with E-state index in [0.29, 0.717) is 12.5 Å². The lowest BCUT2D eigenvalue weighted by Crippen LogP contribution is -2.37. The molecule has 21 heavy (non-hydrogen) atoms. The van der Waals surface area contributed by atoms with Gasteiger partial charge in [0.1, 0.15) is 12.9 Å². The molecule has 0 saturated heterocycles. The van der Waals surface area contributed by atoms with Crippen LogP contribution in [0.1, 0.15) is 25.1 Å². The lowest BCUT2D eigenvalue weighted by Gasteiger charge is -2.25. The fourth-order valence-electron chi connectivity index (χ4n) is 2.32. The number of benzene rings is 1. The monoisotopic (exact) mass is 284 g/mol. The van der Waals surface area contributed by atoms with E-state index in [2.05, 4.69) is 20.4 Å². The third-order valence-corrected chi connectivity index (χ3v) is 3.81. The Morgan fingerprint density at radius 3 is 2.86 bits per heavy atom. The molecule has 0 atom stereocenters. The van der Waals surface area contributed by atoms with E-state index in [4.69, 9.17) is 5.73 Å². The molecule has 110 valence electrons. The fraction of sp³-hybridized carbons (Fsp3) is 0.400. The molecule has 0 amide bonds. The second kappa shape index (κ2) is 6.39. The summed E-state index contributed by atoms with van der Waals surface area (Å²) in [6, 6.07) is 9.89. The Balaban J connectivity index is 1.61. The van der Waals surface area contributed by atoms with E-state index in [1.165, 1.54) is 25.6 Å². The highest BCUT2D eigenvalue weighted by atomic mass is 15.3. The minimum absolute atomic E-state index is 0.415. The molecule has 6 nitrogen and oxygen atoms in total. The van der Waals surface area contributed by atoms with Crippen LogP contribution < -0.4 is 11.1 Å². The Kier molecular flexibility index (Phi) is 4.14. The van der Waals surface area contributed by atoms with Crippen molar-refractivity contribution in [2.24, 2.45) is 16.6 Å². The number of nitrogens with two attached hydrogens (primary N) is 1. The first kappa shape index (κ1) is 13.6. The highest BCUT2D eigenvalue weighted by molar-refractivity contribution is 5.77. The molecule has 1 saturated carbocycles. The smallest absolute Gasteiger partial charge is 0.189 e. The zero-order chi connectivity index (χ0) is 14.5. The van der Waals surface area contributed by atoms with Gasteiger partial charge in [-0.2, -0.15) is 5.10 Å². The zero-order valence-electron chi connectivity index (χ0n) is 11.9. The van der Waals surface area contributed by atoms with Crippen LogP contribution in [0, 0.1) is 5.92 Å². The summed E-state index contributed by atoms with van der Waals surface area (Å²) < 4.78 is 1.78. The summed E-state index contributed by atoms with van der Waals surface area (Å²) in [6.07, 6.45) is 5.46. The van der Waals surface area contributed by atoms with Crippen LogP contribution in [0.2, 0.25) is 0 Å². The Hall–Kier alpha value is -2.37. The van der Waals surface area contributed by atoms with E-state index in [1.54, 1.807) is 4.68 Å². The van der Waals surface area contributed by atoms with Crippen molar-refractivity contribution in [3.8, 4) is 5.69 Å². The van der Waals surface area contributed by atoms with E-state index in [9.17, 15) is 0 Å². The maximum atomic E-state index is 5.89. The van der Waals surface area contributed by atoms with Crippen molar-refractivity contribution >= 4 is 5.96 Å². The predicted molar refractivity (Wildman–Crippen MR) is 82.0 cm³/mol. The summed E-state index contributed by atoms with van der Waals surface area (Å²) in [5.41, 5.74) is 6.86. The molecule has 3 rings (SSSR count). The molecule has 0 unspecified atom stereocenters. The van der Waals surface area contributed by atoms with Gasteiger partial charge >= 0.3 is 0 Å². The van der Waals surface area contributed by atoms with Gasteiger partial charge in [0, 0.05) is 6.54 Å². The van der Waals surface area contributed by atoms with Gasteiger partial charge < -0.3 is 11.1 Å². The molecule has 1 aliphatic rings. The van der Waals surface area contributed by atoms with Crippen molar-refractivity contribution < 1.29 is 0 Å². The summed E-state index contributed by atoms with van der Waals surface area (Å²) >= 11 is 0. The fourth-order valence-corrected chi connectivity index (χ4v) is 2.32. The molecule has 0 radical (unpaired) electrons. The molecular formula is C15H20N6. The maximum Gasteiger partial charge on any atom is 0.189 e. The molecule has 0 aliphatic heterocycles. The van der Waals surface area contributed by atoms with E-state index >= 15 is 0 Å². The molecule has 1 aromatic heterocycles. The molecule has 0 bridgehead atoms. The first-order chi connectivity index (χ1) is 10.3. The summed E-state index contributed by atoms with van der Waals surface area (Å²) in [5, 5.41) is 7.41. The predicted octanol–water partition coefficient (Wildman–Crippen LogP) is 1.47. The van der Waals surface area contributed by atoms with Crippen LogP contribution >= 0.6 is 0 Å². The van der Waals surface area contributed by atoms with E-state index in [-0.39, 0.29) is 0 Å². The standard InChI is InChI=1S/C15H20N6/c16-15(17-9-12-5-4-6-12)18-10-14-19-11-20-21(14)13-7-2-1-3-8-13/h1-3,7-8,11-12H,4-6,9-10H2,(H3,16,17,18). The number of guanidine groups is 1. The number of hydrogen-bond acceptors (Lipinski definition) is 3. The number of rotatable bonds is 5. The number of nitrogens with one attached hydrogen (secondary N) is 1. The minimum Gasteiger partial charge on any atom is -0.370 e. The summed E-state index contributed by atoms with van der Waals surface area (Å²) in [6.45, 7) is 1.33. The molecule has 6 heteroatoms. The van der Waals surface area contributed by atoms with Gasteiger partial charge in [0.05, 0.1) is 5.69 Å². The highest BCUT2D eigenvalue weighted by Gasteiger charge is 2.16. The number of aromatic nitrogens is 3. The zero-order valence-corrected chi connectivity index (χ0v) is 11.9. The van der Waals surface area contributed by atoms with Crippen molar-refractivity contribution in [2.75, 3.05) is 6.54 Å². The second-order valence-electron chi connectivity index (χ2n) is 5.30. The van der Waals surface area contributed by atoms with Gasteiger partial charge in [0.2, 0.25) is 0 Å². The molecule has 0 spiro atoms. The van der Waals surface area contributed by atoms with Crippen molar-refractivity contribution in [3.05, 3.63) is 42.5 Å². The van der Waals surface area contributed by atoms with Crippen LogP contribution in [-0.4, -0.2) is 27.3 Å². The second-order valence-corrected chi connectivity index (χ2v) is 5.30. The normalized spacial score (nSPS) is 15.7. The SMILES string of the molecule is NC(=NCc1ncnn1-c1ccccc1)NCC1CCC1. The summed E-state index contributed by atoms with van der Waals surface area (Å²) in [7, 11) is 0. The van der Waals surface area contributed by atoms with Crippen molar-refractivity contribution in [1.29, 1.82) is 0 Å². The van der Waals surface area contributed by atoms with Gasteiger partial charge in [-0.15, -0.1) is 0 Å². The summed E-state index contributed by atoms with van der Waals surface area (Å²) in [5.74, 6) is 2.01. The average molecular weight is 284 g/mol. The highest BCUT2D eigenvalue weighted by Crippen LogP contribution is 2.24. The maximum absolute atomic E-state index is 5.89. The van der Waals surface area contributed by atoms with Crippen LogP contribution in [0.25, 0.3) is 5.69 Å². The van der Waals surface area contributed by atoms with Crippen molar-refractivity contribution in [2.45, 2.75) is 25.8 Å². The lowest BCUT2D eigenvalue weighted by molar-refractivity contribution is 0.315. The first-order valence-electron chi connectivity index (χ1n) is 7.31. The van der Waals surface area contributed by atoms with E-state index in [0.717, 1.165) is 24.0 Å². The van der Waals surface area contributed by atoms with E-state index < -0.39 is 0 Å². The van der Waals surface area contributed by atoms with Crippen LogP contribution in [0.3, 0.4) is 0 Å². The van der Waals surface area contributed by atoms with E-state index in [1.807, 2.05) is 30.3 Å². The van der Waals surface area contributed by atoms with Gasteiger partial charge in [-0.05, 0) is 30.9 Å². The third-order valence-electron chi connectivity index (χ3n) is 3.81. The Morgan fingerprint density at radius 1 is 1.33 bits per heavy atom. The average Bonchev–Trinajstić information content (AvgIpc) is 2.93. The molecule has 1 aromatic carbocycles. The Bertz CT molecular complexity index is 600. The molecule has 1 aliphatic carbocycles. The quantitative estimate of drug-likeness (QED) is 0.643.